The Morgan fingerprint density at radius 3 is 2.95 bits per heavy atom. The third-order valence-electron chi connectivity index (χ3n) is 3.48. The summed E-state index contributed by atoms with van der Waals surface area (Å²) in [5, 5.41) is 16.1. The van der Waals surface area contributed by atoms with Gasteiger partial charge in [-0.25, -0.2) is 9.97 Å². The molecule has 19 heavy (non-hydrogen) atoms. The van der Waals surface area contributed by atoms with Crippen molar-refractivity contribution in [3.05, 3.63) is 27.1 Å². The Labute approximate surface area is 120 Å². The van der Waals surface area contributed by atoms with Crippen molar-refractivity contribution in [1.29, 1.82) is 0 Å². The molecule has 5 nitrogen and oxygen atoms in total. The first-order valence-corrected chi connectivity index (χ1v) is 7.31. The van der Waals surface area contributed by atoms with E-state index in [0.29, 0.717) is 5.15 Å². The lowest BCUT2D eigenvalue weighted by atomic mass is 9.93. The fraction of sp³-hybridized carbons (Fsp3) is 0.500. The predicted molar refractivity (Wildman–Crippen MR) is 77.1 cm³/mol. The number of thiophene rings is 1. The van der Waals surface area contributed by atoms with Crippen LogP contribution < -0.4 is 0 Å². The topological polar surface area (TPSA) is 55.3 Å². The predicted octanol–water partition coefficient (Wildman–Crippen LogP) is 2.48. The van der Waals surface area contributed by atoms with E-state index in [0.717, 1.165) is 34.7 Å². The molecule has 0 N–H and O–H groups in total. The lowest BCUT2D eigenvalue weighted by Gasteiger charge is -2.43. The standard InChI is InChI=1S/C12H14ClN4OS/c1-16(2)17(18)7-3-4-8-9(5-7)19-12-10(8)11(13)14-6-15-12/h6-7H,3-5H2,1-2H3/q-1. The van der Waals surface area contributed by atoms with Crippen LogP contribution in [0.4, 0.5) is 0 Å². The molecule has 0 amide bonds. The van der Waals surface area contributed by atoms with E-state index < -0.39 is 0 Å². The van der Waals surface area contributed by atoms with Crippen LogP contribution in [0.5, 0.6) is 0 Å². The highest BCUT2D eigenvalue weighted by atomic mass is 35.5. The SMILES string of the molecule is CN(C)N([O-])C1CCc2c(sc3ncnc(Cl)c23)C1. The Balaban J connectivity index is 1.98. The zero-order valence-corrected chi connectivity index (χ0v) is 12.3. The summed E-state index contributed by atoms with van der Waals surface area (Å²) in [6.45, 7) is 0. The van der Waals surface area contributed by atoms with Crippen molar-refractivity contribution in [2.45, 2.75) is 25.3 Å². The van der Waals surface area contributed by atoms with Crippen LogP contribution in [-0.2, 0) is 12.8 Å². The Hall–Kier alpha value is -0.790. The molecule has 1 unspecified atom stereocenters. The number of aryl methyl sites for hydroxylation is 1. The van der Waals surface area contributed by atoms with Gasteiger partial charge in [0.2, 0.25) is 0 Å². The molecule has 7 heteroatoms. The summed E-state index contributed by atoms with van der Waals surface area (Å²) in [4.78, 5) is 10.5. The minimum atomic E-state index is 0.00213. The van der Waals surface area contributed by atoms with Gasteiger partial charge in [0.25, 0.3) is 0 Å². The number of nitrogens with zero attached hydrogens (tertiary/aromatic N) is 4. The molecule has 0 aromatic carbocycles. The number of hydrogen-bond donors (Lipinski definition) is 0. The van der Waals surface area contributed by atoms with Gasteiger partial charge >= 0.3 is 0 Å². The Morgan fingerprint density at radius 2 is 2.21 bits per heavy atom. The highest BCUT2D eigenvalue weighted by Gasteiger charge is 2.25. The molecule has 2 heterocycles. The minimum absolute atomic E-state index is 0.00213. The van der Waals surface area contributed by atoms with Gasteiger partial charge in [0.05, 0.1) is 5.39 Å². The fourth-order valence-corrected chi connectivity index (χ4v) is 4.13. The van der Waals surface area contributed by atoms with Gasteiger partial charge < -0.3 is 10.4 Å². The summed E-state index contributed by atoms with van der Waals surface area (Å²) in [6, 6.07) is 0.00213. The zero-order valence-electron chi connectivity index (χ0n) is 10.8. The average Bonchev–Trinajstić information content (AvgIpc) is 2.76. The van der Waals surface area contributed by atoms with Gasteiger partial charge in [0, 0.05) is 25.0 Å². The van der Waals surface area contributed by atoms with Crippen LogP contribution in [-0.4, -0.2) is 40.3 Å². The largest absolute Gasteiger partial charge is 0.771 e. The van der Waals surface area contributed by atoms with Crippen molar-refractivity contribution in [2.75, 3.05) is 14.1 Å². The summed E-state index contributed by atoms with van der Waals surface area (Å²) in [5.41, 5.74) is 1.23. The number of rotatable bonds is 2. The molecule has 0 fully saturated rings. The van der Waals surface area contributed by atoms with E-state index in [2.05, 4.69) is 9.97 Å². The molecule has 1 aliphatic rings. The van der Waals surface area contributed by atoms with Crippen molar-refractivity contribution in [3.8, 4) is 0 Å². The van der Waals surface area contributed by atoms with E-state index in [1.165, 1.54) is 16.8 Å². The summed E-state index contributed by atoms with van der Waals surface area (Å²) in [6.07, 6.45) is 3.95. The van der Waals surface area contributed by atoms with Crippen LogP contribution in [0.1, 0.15) is 16.9 Å². The van der Waals surface area contributed by atoms with E-state index in [1.54, 1.807) is 30.4 Å². The molecule has 1 atom stereocenters. The second kappa shape index (κ2) is 4.96. The lowest BCUT2D eigenvalue weighted by molar-refractivity contribution is 0.0299. The van der Waals surface area contributed by atoms with Crippen molar-refractivity contribution in [2.24, 2.45) is 0 Å². The van der Waals surface area contributed by atoms with Crippen LogP contribution in [0.3, 0.4) is 0 Å². The van der Waals surface area contributed by atoms with Gasteiger partial charge in [-0.15, -0.1) is 11.3 Å². The first-order valence-electron chi connectivity index (χ1n) is 6.12. The van der Waals surface area contributed by atoms with Gasteiger partial charge in [-0.2, -0.15) is 0 Å². The van der Waals surface area contributed by atoms with Gasteiger partial charge in [-0.1, -0.05) is 11.6 Å². The van der Waals surface area contributed by atoms with E-state index in [-0.39, 0.29) is 6.04 Å². The smallest absolute Gasteiger partial charge is 0.141 e. The normalized spacial score (nSPS) is 19.4. The summed E-state index contributed by atoms with van der Waals surface area (Å²) >= 11 is 7.79. The second-order valence-electron chi connectivity index (χ2n) is 4.89. The maximum atomic E-state index is 12.0. The second-order valence-corrected chi connectivity index (χ2v) is 6.34. The third-order valence-corrected chi connectivity index (χ3v) is 4.93. The molecule has 0 spiro atoms. The number of hydrogen-bond acceptors (Lipinski definition) is 6. The van der Waals surface area contributed by atoms with Crippen LogP contribution in [0, 0.1) is 5.21 Å². The third kappa shape index (κ3) is 2.23. The van der Waals surface area contributed by atoms with Gasteiger partial charge in [-0.3, -0.25) is 5.01 Å². The minimum Gasteiger partial charge on any atom is -0.771 e. The molecule has 0 saturated heterocycles. The Bertz CT molecular complexity index is 615. The summed E-state index contributed by atoms with van der Waals surface area (Å²) in [7, 11) is 3.55. The Kier molecular flexibility index (Phi) is 3.44. The molecule has 2 aromatic rings. The van der Waals surface area contributed by atoms with Crippen molar-refractivity contribution < 1.29 is 0 Å². The van der Waals surface area contributed by atoms with Crippen LogP contribution in [0.25, 0.3) is 10.2 Å². The monoisotopic (exact) mass is 297 g/mol. The average molecular weight is 298 g/mol. The Morgan fingerprint density at radius 1 is 1.42 bits per heavy atom. The van der Waals surface area contributed by atoms with Crippen molar-refractivity contribution >= 4 is 33.2 Å². The zero-order chi connectivity index (χ0) is 13.6. The van der Waals surface area contributed by atoms with Crippen molar-refractivity contribution in [3.63, 3.8) is 0 Å². The maximum absolute atomic E-state index is 12.0. The highest BCUT2D eigenvalue weighted by Crippen LogP contribution is 2.38. The highest BCUT2D eigenvalue weighted by molar-refractivity contribution is 7.19. The molecule has 0 radical (unpaired) electrons. The fourth-order valence-electron chi connectivity index (χ4n) is 2.57. The van der Waals surface area contributed by atoms with Gasteiger partial charge in [0.15, 0.2) is 0 Å². The molecule has 0 aliphatic heterocycles. The maximum Gasteiger partial charge on any atom is 0.141 e. The van der Waals surface area contributed by atoms with Gasteiger partial charge in [0.1, 0.15) is 16.3 Å². The molecular weight excluding hydrogens is 284 g/mol. The van der Waals surface area contributed by atoms with E-state index >= 15 is 0 Å². The number of halogens is 1. The number of hydroxylamine groups is 1. The molecule has 0 saturated carbocycles. The molecule has 0 bridgehead atoms. The van der Waals surface area contributed by atoms with E-state index in [1.807, 2.05) is 0 Å². The number of hydrazine groups is 1. The van der Waals surface area contributed by atoms with Crippen LogP contribution in [0.2, 0.25) is 5.15 Å². The summed E-state index contributed by atoms with van der Waals surface area (Å²) in [5.74, 6) is 0. The quantitative estimate of drug-likeness (QED) is 0.629. The van der Waals surface area contributed by atoms with Crippen molar-refractivity contribution in [1.82, 2.24) is 20.1 Å². The molecule has 1 aliphatic carbocycles. The van der Waals surface area contributed by atoms with E-state index in [9.17, 15) is 5.21 Å². The van der Waals surface area contributed by atoms with Crippen LogP contribution in [0.15, 0.2) is 6.33 Å². The molecule has 102 valence electrons. The molecule has 3 rings (SSSR count). The number of aromatic nitrogens is 2. The van der Waals surface area contributed by atoms with E-state index in [4.69, 9.17) is 11.6 Å². The molecular formula is C12H14ClN4OS-. The molecule has 2 aromatic heterocycles. The summed E-state index contributed by atoms with van der Waals surface area (Å²) < 4.78 is 0. The first-order chi connectivity index (χ1) is 9.08. The number of fused-ring (bicyclic) bond motifs is 3. The first kappa shape index (κ1) is 13.2. The van der Waals surface area contributed by atoms with Crippen LogP contribution >= 0.6 is 22.9 Å². The lowest BCUT2D eigenvalue weighted by Crippen LogP contribution is -2.43. The van der Waals surface area contributed by atoms with Gasteiger partial charge in [-0.05, 0) is 24.8 Å².